The average molecular weight is 470 g/mol. The number of methoxy groups -OCH3 is 2. The molecule has 34 heavy (non-hydrogen) atoms. The van der Waals surface area contributed by atoms with Gasteiger partial charge in [-0.15, -0.1) is 0 Å². The Balaban J connectivity index is 1.47. The molecule has 0 aliphatic carbocycles. The minimum Gasteiger partial charge on any atom is -0.495 e. The van der Waals surface area contributed by atoms with Crippen LogP contribution in [0.1, 0.15) is 42.5 Å². The Kier molecular flexibility index (Phi) is 10.0. The first-order chi connectivity index (χ1) is 16.6. The van der Waals surface area contributed by atoms with E-state index in [2.05, 4.69) is 15.5 Å². The fourth-order valence-corrected chi connectivity index (χ4v) is 3.97. The number of hydrogen-bond donors (Lipinski definition) is 2. The number of hydrogen-bond acceptors (Lipinski definition) is 6. The van der Waals surface area contributed by atoms with Gasteiger partial charge in [-0.1, -0.05) is 25.0 Å². The van der Waals surface area contributed by atoms with Crippen LogP contribution in [0.4, 0.5) is 5.69 Å². The number of carbonyl (C=O) groups is 2. The summed E-state index contributed by atoms with van der Waals surface area (Å²) in [4.78, 5) is 27.4. The fraction of sp³-hybridized carbons (Fsp3) is 0.462. The van der Waals surface area contributed by atoms with E-state index in [4.69, 9.17) is 14.2 Å². The number of amides is 2. The minimum absolute atomic E-state index is 0.158. The van der Waals surface area contributed by atoms with Crippen LogP contribution >= 0.6 is 0 Å². The van der Waals surface area contributed by atoms with Crippen molar-refractivity contribution in [1.29, 1.82) is 0 Å². The largest absolute Gasteiger partial charge is 0.495 e. The lowest BCUT2D eigenvalue weighted by Crippen LogP contribution is -2.30. The Morgan fingerprint density at radius 3 is 2.38 bits per heavy atom. The third kappa shape index (κ3) is 7.66. The van der Waals surface area contributed by atoms with E-state index in [1.807, 2.05) is 6.07 Å². The van der Waals surface area contributed by atoms with Crippen molar-refractivity contribution in [2.45, 2.75) is 32.1 Å². The second-order valence-corrected chi connectivity index (χ2v) is 8.27. The zero-order valence-electron chi connectivity index (χ0n) is 20.1. The summed E-state index contributed by atoms with van der Waals surface area (Å²) >= 11 is 0. The molecule has 0 spiro atoms. The van der Waals surface area contributed by atoms with E-state index in [1.54, 1.807) is 43.5 Å². The Morgan fingerprint density at radius 2 is 1.65 bits per heavy atom. The molecule has 0 bridgehead atoms. The van der Waals surface area contributed by atoms with Crippen LogP contribution in [-0.2, 0) is 4.79 Å². The van der Waals surface area contributed by atoms with Crippen LogP contribution in [0, 0.1) is 0 Å². The zero-order chi connectivity index (χ0) is 24.2. The molecule has 0 aromatic heterocycles. The third-order valence-corrected chi connectivity index (χ3v) is 5.80. The SMILES string of the molecule is COc1ccccc1NC(=O)COc1ccc(C(=O)NCCCN2CCCCCC2)cc1OC. The summed E-state index contributed by atoms with van der Waals surface area (Å²) in [6.45, 7) is 3.73. The molecule has 1 heterocycles. The van der Waals surface area contributed by atoms with Gasteiger partial charge in [-0.3, -0.25) is 9.59 Å². The van der Waals surface area contributed by atoms with Crippen LogP contribution < -0.4 is 24.8 Å². The maximum absolute atomic E-state index is 12.6. The van der Waals surface area contributed by atoms with Crippen molar-refractivity contribution >= 4 is 17.5 Å². The quantitative estimate of drug-likeness (QED) is 0.488. The normalized spacial score (nSPS) is 14.1. The molecule has 2 aromatic rings. The number of ether oxygens (including phenoxy) is 3. The number of benzene rings is 2. The van der Waals surface area contributed by atoms with Gasteiger partial charge in [0.25, 0.3) is 11.8 Å². The van der Waals surface area contributed by atoms with Crippen molar-refractivity contribution in [1.82, 2.24) is 10.2 Å². The summed E-state index contributed by atoms with van der Waals surface area (Å²) in [7, 11) is 3.04. The van der Waals surface area contributed by atoms with Gasteiger partial charge < -0.3 is 29.7 Å². The number of para-hydroxylation sites is 2. The second kappa shape index (κ2) is 13.4. The first kappa shape index (κ1) is 25.4. The van der Waals surface area contributed by atoms with E-state index in [-0.39, 0.29) is 18.4 Å². The molecular formula is C26H35N3O5. The van der Waals surface area contributed by atoms with Gasteiger partial charge in [-0.2, -0.15) is 0 Å². The number of nitrogens with one attached hydrogen (secondary N) is 2. The highest BCUT2D eigenvalue weighted by molar-refractivity contribution is 5.95. The Hall–Kier alpha value is -3.26. The van der Waals surface area contributed by atoms with Crippen molar-refractivity contribution in [2.75, 3.05) is 52.3 Å². The predicted molar refractivity (Wildman–Crippen MR) is 132 cm³/mol. The molecule has 3 rings (SSSR count). The van der Waals surface area contributed by atoms with Gasteiger partial charge in [0.1, 0.15) is 5.75 Å². The van der Waals surface area contributed by atoms with Gasteiger partial charge in [0.15, 0.2) is 18.1 Å². The number of nitrogens with zero attached hydrogens (tertiary/aromatic N) is 1. The minimum atomic E-state index is -0.335. The summed E-state index contributed by atoms with van der Waals surface area (Å²) in [5.74, 6) is 0.848. The van der Waals surface area contributed by atoms with E-state index in [9.17, 15) is 9.59 Å². The van der Waals surface area contributed by atoms with Crippen LogP contribution in [0.15, 0.2) is 42.5 Å². The highest BCUT2D eigenvalue weighted by Crippen LogP contribution is 2.28. The molecule has 0 saturated carbocycles. The van der Waals surface area contributed by atoms with Crippen molar-refractivity contribution in [2.24, 2.45) is 0 Å². The molecule has 0 unspecified atom stereocenters. The summed E-state index contributed by atoms with van der Waals surface area (Å²) in [6, 6.07) is 12.1. The average Bonchev–Trinajstić information content (AvgIpc) is 3.14. The zero-order valence-corrected chi connectivity index (χ0v) is 20.1. The van der Waals surface area contributed by atoms with Gasteiger partial charge >= 0.3 is 0 Å². The first-order valence-corrected chi connectivity index (χ1v) is 11.8. The summed E-state index contributed by atoms with van der Waals surface area (Å²) < 4.78 is 16.2. The molecular weight excluding hydrogens is 434 g/mol. The number of likely N-dealkylation sites (tertiary alicyclic amines) is 1. The summed E-state index contributed by atoms with van der Waals surface area (Å²) in [5, 5.41) is 5.73. The summed E-state index contributed by atoms with van der Waals surface area (Å²) in [6.07, 6.45) is 6.10. The number of anilines is 1. The second-order valence-electron chi connectivity index (χ2n) is 8.27. The van der Waals surface area contributed by atoms with Crippen molar-refractivity contribution < 1.29 is 23.8 Å². The molecule has 1 aliphatic rings. The fourth-order valence-electron chi connectivity index (χ4n) is 3.97. The van der Waals surface area contributed by atoms with Crippen LogP contribution in [0.25, 0.3) is 0 Å². The molecule has 184 valence electrons. The molecule has 1 fully saturated rings. The molecule has 0 atom stereocenters. The Labute approximate surface area is 201 Å². The topological polar surface area (TPSA) is 89.1 Å². The molecule has 2 amide bonds. The van der Waals surface area contributed by atoms with Gasteiger partial charge in [0.05, 0.1) is 19.9 Å². The van der Waals surface area contributed by atoms with E-state index >= 15 is 0 Å². The van der Waals surface area contributed by atoms with Gasteiger partial charge in [0.2, 0.25) is 0 Å². The monoisotopic (exact) mass is 469 g/mol. The van der Waals surface area contributed by atoms with Crippen LogP contribution in [0.2, 0.25) is 0 Å². The molecule has 1 aliphatic heterocycles. The maximum Gasteiger partial charge on any atom is 0.262 e. The van der Waals surface area contributed by atoms with E-state index in [0.717, 1.165) is 26.1 Å². The van der Waals surface area contributed by atoms with Gasteiger partial charge in [-0.25, -0.2) is 0 Å². The summed E-state index contributed by atoms with van der Waals surface area (Å²) in [5.41, 5.74) is 1.05. The maximum atomic E-state index is 12.6. The van der Waals surface area contributed by atoms with Crippen LogP contribution in [0.3, 0.4) is 0 Å². The number of carbonyl (C=O) groups excluding carboxylic acids is 2. The molecule has 2 N–H and O–H groups in total. The van der Waals surface area contributed by atoms with Gasteiger partial charge in [-0.05, 0) is 69.2 Å². The Bertz CT molecular complexity index is 942. The van der Waals surface area contributed by atoms with Crippen molar-refractivity contribution in [3.63, 3.8) is 0 Å². The number of rotatable bonds is 11. The lowest BCUT2D eigenvalue weighted by molar-refractivity contribution is -0.118. The first-order valence-electron chi connectivity index (χ1n) is 11.8. The van der Waals surface area contributed by atoms with E-state index < -0.39 is 0 Å². The Morgan fingerprint density at radius 1 is 0.912 bits per heavy atom. The molecule has 8 nitrogen and oxygen atoms in total. The van der Waals surface area contributed by atoms with Crippen LogP contribution in [0.5, 0.6) is 17.2 Å². The predicted octanol–water partition coefficient (Wildman–Crippen LogP) is 3.72. The highest BCUT2D eigenvalue weighted by Gasteiger charge is 2.14. The molecule has 8 heteroatoms. The molecule has 1 saturated heterocycles. The van der Waals surface area contributed by atoms with Crippen LogP contribution in [-0.4, -0.2) is 63.7 Å². The van der Waals surface area contributed by atoms with Crippen molar-refractivity contribution in [3.8, 4) is 17.2 Å². The van der Waals surface area contributed by atoms with Gasteiger partial charge in [0, 0.05) is 12.1 Å². The highest BCUT2D eigenvalue weighted by atomic mass is 16.5. The van der Waals surface area contributed by atoms with Crippen molar-refractivity contribution in [3.05, 3.63) is 48.0 Å². The standard InChI is InChI=1S/C26H35N3O5/c1-32-22-11-6-5-10-21(22)28-25(30)19-34-23-13-12-20(18-24(23)33-2)26(31)27-14-9-17-29-15-7-3-4-8-16-29/h5-6,10-13,18H,3-4,7-9,14-17,19H2,1-2H3,(H,27,31)(H,28,30). The third-order valence-electron chi connectivity index (χ3n) is 5.80. The van der Waals surface area contributed by atoms with E-state index in [0.29, 0.717) is 35.0 Å². The lowest BCUT2D eigenvalue weighted by atomic mass is 10.2. The lowest BCUT2D eigenvalue weighted by Gasteiger charge is -2.19. The smallest absolute Gasteiger partial charge is 0.262 e. The van der Waals surface area contributed by atoms with E-state index in [1.165, 1.54) is 32.8 Å². The molecule has 2 aromatic carbocycles. The molecule has 0 radical (unpaired) electrons.